The van der Waals surface area contributed by atoms with Gasteiger partial charge in [0, 0.05) is 0 Å². The van der Waals surface area contributed by atoms with Gasteiger partial charge in [-0.15, -0.1) is 0 Å². The molecule has 0 aromatic rings. The number of aliphatic hydroxyl groups excluding tert-OH is 2. The van der Waals surface area contributed by atoms with Crippen molar-refractivity contribution in [3.63, 3.8) is 0 Å². The van der Waals surface area contributed by atoms with Gasteiger partial charge in [0.15, 0.2) is 0 Å². The van der Waals surface area contributed by atoms with E-state index in [0.29, 0.717) is 0 Å². The molecule has 0 aliphatic carbocycles. The van der Waals surface area contributed by atoms with Crippen LogP contribution in [-0.2, 0) is 0 Å². The van der Waals surface area contributed by atoms with Gasteiger partial charge in [0.2, 0.25) is 0 Å². The average Bonchev–Trinajstić information content (AvgIpc) is 2.16. The molecule has 0 aromatic carbocycles. The summed E-state index contributed by atoms with van der Waals surface area (Å²) in [6.45, 7) is 3.96. The lowest BCUT2D eigenvalue weighted by Crippen LogP contribution is -2.05. The van der Waals surface area contributed by atoms with Crippen LogP contribution in [0.5, 0.6) is 0 Å². The molecule has 0 heterocycles. The van der Waals surface area contributed by atoms with Crippen LogP contribution in [0.4, 0.5) is 0 Å². The van der Waals surface area contributed by atoms with E-state index in [1.807, 2.05) is 6.92 Å². The minimum absolute atomic E-state index is 0.0764. The van der Waals surface area contributed by atoms with Gasteiger partial charge < -0.3 is 10.2 Å². The monoisotopic (exact) mass is 216 g/mol. The second-order valence-electron chi connectivity index (χ2n) is 4.64. The highest BCUT2D eigenvalue weighted by atomic mass is 16.3. The van der Waals surface area contributed by atoms with Crippen molar-refractivity contribution in [3.8, 4) is 0 Å². The molecule has 0 aliphatic heterocycles. The normalized spacial score (nSPS) is 15.2. The van der Waals surface area contributed by atoms with E-state index >= 15 is 0 Å². The molecule has 2 heteroatoms. The van der Waals surface area contributed by atoms with Crippen LogP contribution in [0.25, 0.3) is 0 Å². The highest BCUT2D eigenvalue weighted by Gasteiger charge is 2.01. The molecule has 0 amide bonds. The van der Waals surface area contributed by atoms with E-state index < -0.39 is 0 Å². The van der Waals surface area contributed by atoms with Crippen molar-refractivity contribution in [3.05, 3.63) is 0 Å². The molecule has 0 saturated heterocycles. The van der Waals surface area contributed by atoms with E-state index in [9.17, 15) is 5.11 Å². The molecule has 0 fully saturated rings. The van der Waals surface area contributed by atoms with Gasteiger partial charge in [-0.05, 0) is 26.2 Å². The molecular formula is C13H28O2. The molecule has 0 saturated carbocycles. The van der Waals surface area contributed by atoms with Gasteiger partial charge in [-0.1, -0.05) is 45.4 Å². The van der Waals surface area contributed by atoms with Crippen LogP contribution in [0.2, 0.25) is 0 Å². The second-order valence-corrected chi connectivity index (χ2v) is 4.64. The van der Waals surface area contributed by atoms with Crippen LogP contribution in [0.1, 0.15) is 71.6 Å². The van der Waals surface area contributed by atoms with Crippen LogP contribution in [0, 0.1) is 0 Å². The van der Waals surface area contributed by atoms with Crippen molar-refractivity contribution < 1.29 is 10.2 Å². The zero-order chi connectivity index (χ0) is 11.5. The van der Waals surface area contributed by atoms with Crippen LogP contribution >= 0.6 is 0 Å². The topological polar surface area (TPSA) is 40.5 Å². The third-order valence-electron chi connectivity index (χ3n) is 2.78. The molecule has 0 rings (SSSR count). The van der Waals surface area contributed by atoms with Crippen molar-refractivity contribution in [2.24, 2.45) is 0 Å². The first-order valence-corrected chi connectivity index (χ1v) is 6.53. The Morgan fingerprint density at radius 2 is 1.33 bits per heavy atom. The highest BCUT2D eigenvalue weighted by molar-refractivity contribution is 4.55. The summed E-state index contributed by atoms with van der Waals surface area (Å²) in [5, 5.41) is 18.5. The fraction of sp³-hybridized carbons (Fsp3) is 1.00. The number of hydrogen-bond donors (Lipinski definition) is 2. The van der Waals surface area contributed by atoms with E-state index in [4.69, 9.17) is 5.11 Å². The Balaban J connectivity index is 3.04. The van der Waals surface area contributed by atoms with Crippen molar-refractivity contribution in [2.75, 3.05) is 0 Å². The lowest BCUT2D eigenvalue weighted by molar-refractivity contribution is 0.149. The van der Waals surface area contributed by atoms with Crippen molar-refractivity contribution in [1.29, 1.82) is 0 Å². The van der Waals surface area contributed by atoms with Crippen molar-refractivity contribution in [1.82, 2.24) is 0 Å². The quantitative estimate of drug-likeness (QED) is 0.550. The summed E-state index contributed by atoms with van der Waals surface area (Å²) in [4.78, 5) is 0. The van der Waals surface area contributed by atoms with Gasteiger partial charge >= 0.3 is 0 Å². The van der Waals surface area contributed by atoms with E-state index in [1.54, 1.807) is 0 Å². The lowest BCUT2D eigenvalue weighted by atomic mass is 10.0. The van der Waals surface area contributed by atoms with Crippen LogP contribution in [-0.4, -0.2) is 22.4 Å². The summed E-state index contributed by atoms with van der Waals surface area (Å²) >= 11 is 0. The zero-order valence-electron chi connectivity index (χ0n) is 10.4. The first-order chi connectivity index (χ1) is 7.16. The summed E-state index contributed by atoms with van der Waals surface area (Å²) in [6.07, 6.45) is 9.66. The third-order valence-corrected chi connectivity index (χ3v) is 2.78. The molecule has 0 aliphatic rings. The number of rotatable bonds is 10. The van der Waals surface area contributed by atoms with Gasteiger partial charge in [-0.25, -0.2) is 0 Å². The molecule has 0 bridgehead atoms. The molecule has 92 valence electrons. The van der Waals surface area contributed by atoms with E-state index in [0.717, 1.165) is 38.5 Å². The Hall–Kier alpha value is -0.0800. The minimum atomic E-state index is -0.142. The summed E-state index contributed by atoms with van der Waals surface area (Å²) < 4.78 is 0. The fourth-order valence-corrected chi connectivity index (χ4v) is 1.83. The minimum Gasteiger partial charge on any atom is -0.393 e. The predicted molar refractivity (Wildman–Crippen MR) is 64.9 cm³/mol. The third kappa shape index (κ3) is 11.8. The lowest BCUT2D eigenvalue weighted by Gasteiger charge is -2.08. The molecular weight excluding hydrogens is 188 g/mol. The summed E-state index contributed by atoms with van der Waals surface area (Å²) in [5.74, 6) is 0. The van der Waals surface area contributed by atoms with Gasteiger partial charge in [0.1, 0.15) is 0 Å². The number of hydrogen-bond acceptors (Lipinski definition) is 2. The van der Waals surface area contributed by atoms with Crippen molar-refractivity contribution >= 4 is 0 Å². The van der Waals surface area contributed by atoms with Crippen LogP contribution < -0.4 is 0 Å². The Labute approximate surface area is 94.7 Å². The Kier molecular flexibility index (Phi) is 10.4. The molecule has 0 spiro atoms. The summed E-state index contributed by atoms with van der Waals surface area (Å²) in [7, 11) is 0. The second kappa shape index (κ2) is 10.4. The van der Waals surface area contributed by atoms with Crippen LogP contribution in [0.3, 0.4) is 0 Å². The van der Waals surface area contributed by atoms with Crippen molar-refractivity contribution in [2.45, 2.75) is 83.8 Å². The highest BCUT2D eigenvalue weighted by Crippen LogP contribution is 2.11. The largest absolute Gasteiger partial charge is 0.393 e. The molecule has 15 heavy (non-hydrogen) atoms. The maximum Gasteiger partial charge on any atom is 0.0540 e. The van der Waals surface area contributed by atoms with E-state index in [2.05, 4.69) is 6.92 Å². The molecule has 2 N–H and O–H groups in total. The maximum atomic E-state index is 9.49. The van der Waals surface area contributed by atoms with E-state index in [1.165, 1.54) is 19.3 Å². The SMILES string of the molecule is CCCC(O)CCCCCCCC(C)O. The molecule has 2 unspecified atom stereocenters. The Bertz CT molecular complexity index is 124. The number of aliphatic hydroxyl groups is 2. The Morgan fingerprint density at radius 3 is 1.87 bits per heavy atom. The first kappa shape index (κ1) is 14.9. The smallest absolute Gasteiger partial charge is 0.0540 e. The molecule has 2 nitrogen and oxygen atoms in total. The maximum absolute atomic E-state index is 9.49. The molecule has 0 aromatic heterocycles. The first-order valence-electron chi connectivity index (χ1n) is 6.53. The predicted octanol–water partition coefficient (Wildman–Crippen LogP) is 3.26. The average molecular weight is 216 g/mol. The number of unbranched alkanes of at least 4 members (excludes halogenated alkanes) is 4. The molecule has 0 radical (unpaired) electrons. The standard InChI is InChI=1S/C13H28O2/c1-3-9-13(15)11-8-6-4-5-7-10-12(2)14/h12-15H,3-11H2,1-2H3. The summed E-state index contributed by atoms with van der Waals surface area (Å²) in [5.41, 5.74) is 0. The van der Waals surface area contributed by atoms with Gasteiger partial charge in [0.05, 0.1) is 12.2 Å². The summed E-state index contributed by atoms with van der Waals surface area (Å²) in [6, 6.07) is 0. The van der Waals surface area contributed by atoms with Crippen LogP contribution in [0.15, 0.2) is 0 Å². The fourth-order valence-electron chi connectivity index (χ4n) is 1.83. The van der Waals surface area contributed by atoms with Gasteiger partial charge in [0.25, 0.3) is 0 Å². The molecule has 2 atom stereocenters. The Morgan fingerprint density at radius 1 is 0.800 bits per heavy atom. The zero-order valence-corrected chi connectivity index (χ0v) is 10.4. The van der Waals surface area contributed by atoms with E-state index in [-0.39, 0.29) is 12.2 Å². The van der Waals surface area contributed by atoms with Gasteiger partial charge in [-0.3, -0.25) is 0 Å². The van der Waals surface area contributed by atoms with Gasteiger partial charge in [-0.2, -0.15) is 0 Å².